The molecular weight excluding hydrogens is 347 g/mol. The number of ether oxygens (including phenoxy) is 2. The highest BCUT2D eigenvalue weighted by molar-refractivity contribution is 5.99. The van der Waals surface area contributed by atoms with Crippen LogP contribution >= 0.6 is 0 Å². The first-order valence-corrected chi connectivity index (χ1v) is 7.98. The summed E-state index contributed by atoms with van der Waals surface area (Å²) in [5.74, 6) is -5.91. The van der Waals surface area contributed by atoms with Gasteiger partial charge in [-0.2, -0.15) is 0 Å². The molecule has 0 saturated carbocycles. The van der Waals surface area contributed by atoms with Crippen molar-refractivity contribution in [3.05, 3.63) is 35.6 Å². The molecule has 142 valence electrons. The van der Waals surface area contributed by atoms with Gasteiger partial charge in [0.15, 0.2) is 0 Å². The number of primary amides is 1. The molecule has 0 spiro atoms. The van der Waals surface area contributed by atoms with Crippen molar-refractivity contribution in [1.82, 2.24) is 5.32 Å². The van der Waals surface area contributed by atoms with Gasteiger partial charge in [-0.15, -0.1) is 0 Å². The first-order valence-electron chi connectivity index (χ1n) is 7.98. The van der Waals surface area contributed by atoms with Gasteiger partial charge < -0.3 is 20.5 Å². The first-order chi connectivity index (χ1) is 12.3. The second kappa shape index (κ2) is 10.1. The minimum Gasteiger partial charge on any atom is -0.466 e. The zero-order valence-corrected chi connectivity index (χ0v) is 14.5. The lowest BCUT2D eigenvalue weighted by Gasteiger charge is -2.23. The van der Waals surface area contributed by atoms with Crippen LogP contribution < -0.4 is 11.1 Å². The molecule has 3 N–H and O–H groups in total. The smallest absolute Gasteiger partial charge is 0.312 e. The minimum absolute atomic E-state index is 0.00903. The van der Waals surface area contributed by atoms with Gasteiger partial charge in [-0.05, 0) is 26.0 Å². The maximum absolute atomic E-state index is 13.7. The van der Waals surface area contributed by atoms with E-state index in [4.69, 9.17) is 15.2 Å². The lowest BCUT2D eigenvalue weighted by molar-refractivity contribution is -0.156. The Labute approximate surface area is 149 Å². The van der Waals surface area contributed by atoms with Crippen molar-refractivity contribution in [2.24, 2.45) is 11.7 Å². The number of hydrogen-bond acceptors (Lipinski definition) is 6. The van der Waals surface area contributed by atoms with E-state index in [0.717, 1.165) is 6.07 Å². The summed E-state index contributed by atoms with van der Waals surface area (Å²) in [4.78, 5) is 47.9. The molecule has 2 atom stereocenters. The number of esters is 2. The SMILES string of the molecule is CCOC(=O)C[C@@H](C(=O)OCC)[C@H](NC(=O)c1ccccc1F)C(N)=O. The highest BCUT2D eigenvalue weighted by atomic mass is 19.1. The topological polar surface area (TPSA) is 125 Å². The van der Waals surface area contributed by atoms with Crippen LogP contribution in [-0.4, -0.2) is 43.0 Å². The molecule has 9 heteroatoms. The molecule has 8 nitrogen and oxygen atoms in total. The molecule has 0 aliphatic rings. The van der Waals surface area contributed by atoms with Crippen molar-refractivity contribution >= 4 is 23.8 Å². The van der Waals surface area contributed by atoms with Gasteiger partial charge in [-0.1, -0.05) is 12.1 Å². The van der Waals surface area contributed by atoms with E-state index in [-0.39, 0.29) is 18.8 Å². The van der Waals surface area contributed by atoms with Crippen LogP contribution in [0.5, 0.6) is 0 Å². The van der Waals surface area contributed by atoms with E-state index in [0.29, 0.717) is 0 Å². The molecule has 2 amide bonds. The van der Waals surface area contributed by atoms with Gasteiger partial charge in [0.25, 0.3) is 5.91 Å². The molecule has 0 unspecified atom stereocenters. The lowest BCUT2D eigenvalue weighted by Crippen LogP contribution is -2.52. The summed E-state index contributed by atoms with van der Waals surface area (Å²) in [7, 11) is 0. The summed E-state index contributed by atoms with van der Waals surface area (Å²) in [5.41, 5.74) is 4.94. The molecule has 0 bridgehead atoms. The average molecular weight is 368 g/mol. The Hall–Kier alpha value is -2.97. The highest BCUT2D eigenvalue weighted by Crippen LogP contribution is 2.15. The number of carbonyl (C=O) groups is 4. The van der Waals surface area contributed by atoms with Crippen molar-refractivity contribution in [3.8, 4) is 0 Å². The molecule has 1 aromatic rings. The molecule has 0 aliphatic heterocycles. The third kappa shape index (κ3) is 5.83. The third-order valence-electron chi connectivity index (χ3n) is 3.40. The Balaban J connectivity index is 3.08. The summed E-state index contributed by atoms with van der Waals surface area (Å²) < 4.78 is 23.4. The lowest BCUT2D eigenvalue weighted by atomic mass is 9.95. The number of amides is 2. The fourth-order valence-corrected chi connectivity index (χ4v) is 2.22. The van der Waals surface area contributed by atoms with Crippen LogP contribution in [-0.2, 0) is 23.9 Å². The number of nitrogens with two attached hydrogens (primary N) is 1. The fourth-order valence-electron chi connectivity index (χ4n) is 2.22. The Morgan fingerprint density at radius 3 is 2.27 bits per heavy atom. The quantitative estimate of drug-likeness (QED) is 0.613. The molecule has 0 fully saturated rings. The first kappa shape index (κ1) is 21.1. The molecule has 1 aromatic carbocycles. The Morgan fingerprint density at radius 2 is 1.73 bits per heavy atom. The van der Waals surface area contributed by atoms with Crippen LogP contribution in [0.1, 0.15) is 30.6 Å². The van der Waals surface area contributed by atoms with Crippen molar-refractivity contribution in [2.45, 2.75) is 26.3 Å². The van der Waals surface area contributed by atoms with Crippen LogP contribution in [0.25, 0.3) is 0 Å². The van der Waals surface area contributed by atoms with Gasteiger partial charge in [0.05, 0.1) is 31.1 Å². The summed E-state index contributed by atoms with van der Waals surface area (Å²) in [6, 6.07) is 3.51. The summed E-state index contributed by atoms with van der Waals surface area (Å²) in [6.45, 7) is 3.17. The normalized spacial score (nSPS) is 12.6. The van der Waals surface area contributed by atoms with E-state index in [1.165, 1.54) is 25.1 Å². The summed E-state index contributed by atoms with van der Waals surface area (Å²) in [5, 5.41) is 2.20. The molecule has 26 heavy (non-hydrogen) atoms. The Bertz CT molecular complexity index is 679. The monoisotopic (exact) mass is 368 g/mol. The highest BCUT2D eigenvalue weighted by Gasteiger charge is 2.37. The van der Waals surface area contributed by atoms with Gasteiger partial charge in [0.1, 0.15) is 11.9 Å². The standard InChI is InChI=1S/C17H21FN2O6/c1-3-25-13(21)9-11(17(24)26-4-2)14(15(19)22)20-16(23)10-7-5-6-8-12(10)18/h5-8,11,14H,3-4,9H2,1-2H3,(H2,19,22)(H,20,23)/t11-,14+/m1/s1. The minimum atomic E-state index is -1.58. The molecule has 0 aromatic heterocycles. The summed E-state index contributed by atoms with van der Waals surface area (Å²) in [6.07, 6.45) is -0.530. The van der Waals surface area contributed by atoms with Crippen molar-refractivity contribution in [1.29, 1.82) is 0 Å². The van der Waals surface area contributed by atoms with E-state index in [9.17, 15) is 23.6 Å². The number of rotatable bonds is 9. The number of halogens is 1. The third-order valence-corrected chi connectivity index (χ3v) is 3.40. The zero-order chi connectivity index (χ0) is 19.7. The van der Waals surface area contributed by atoms with E-state index in [2.05, 4.69) is 5.32 Å². The van der Waals surface area contributed by atoms with Crippen LogP contribution in [0.3, 0.4) is 0 Å². The Kier molecular flexibility index (Phi) is 8.20. The Morgan fingerprint density at radius 1 is 1.12 bits per heavy atom. The van der Waals surface area contributed by atoms with Crippen molar-refractivity contribution in [3.63, 3.8) is 0 Å². The van der Waals surface area contributed by atoms with E-state index in [1.54, 1.807) is 6.92 Å². The largest absolute Gasteiger partial charge is 0.466 e. The van der Waals surface area contributed by atoms with Crippen LogP contribution in [0.4, 0.5) is 4.39 Å². The molecular formula is C17H21FN2O6. The van der Waals surface area contributed by atoms with E-state index < -0.39 is 48.0 Å². The van der Waals surface area contributed by atoms with Crippen LogP contribution in [0.15, 0.2) is 24.3 Å². The van der Waals surface area contributed by atoms with Crippen molar-refractivity contribution in [2.75, 3.05) is 13.2 Å². The zero-order valence-electron chi connectivity index (χ0n) is 14.5. The number of benzene rings is 1. The predicted molar refractivity (Wildman–Crippen MR) is 88.2 cm³/mol. The van der Waals surface area contributed by atoms with Crippen LogP contribution in [0.2, 0.25) is 0 Å². The maximum atomic E-state index is 13.7. The maximum Gasteiger partial charge on any atom is 0.312 e. The van der Waals surface area contributed by atoms with Gasteiger partial charge in [-0.25, -0.2) is 4.39 Å². The molecule has 1 rings (SSSR count). The van der Waals surface area contributed by atoms with Gasteiger partial charge in [-0.3, -0.25) is 19.2 Å². The van der Waals surface area contributed by atoms with Crippen molar-refractivity contribution < 1.29 is 33.0 Å². The second-order valence-electron chi connectivity index (χ2n) is 5.20. The fraction of sp³-hybridized carbons (Fsp3) is 0.412. The van der Waals surface area contributed by atoms with Gasteiger partial charge in [0, 0.05) is 0 Å². The molecule has 0 saturated heterocycles. The number of carbonyl (C=O) groups excluding carboxylic acids is 4. The van der Waals surface area contributed by atoms with Crippen LogP contribution in [0, 0.1) is 11.7 Å². The van der Waals surface area contributed by atoms with Gasteiger partial charge >= 0.3 is 11.9 Å². The van der Waals surface area contributed by atoms with E-state index in [1.807, 2.05) is 0 Å². The van der Waals surface area contributed by atoms with E-state index >= 15 is 0 Å². The molecule has 0 radical (unpaired) electrons. The second-order valence-corrected chi connectivity index (χ2v) is 5.20. The van der Waals surface area contributed by atoms with Gasteiger partial charge in [0.2, 0.25) is 5.91 Å². The molecule has 0 heterocycles. The number of nitrogens with one attached hydrogen (secondary N) is 1. The number of hydrogen-bond donors (Lipinski definition) is 2. The average Bonchev–Trinajstić information content (AvgIpc) is 2.58. The molecule has 0 aliphatic carbocycles. The summed E-state index contributed by atoms with van der Waals surface area (Å²) >= 11 is 0. The predicted octanol–water partition coefficient (Wildman–Crippen LogP) is 0.542.